The normalized spacial score (nSPS) is 15.6. The van der Waals surface area contributed by atoms with Gasteiger partial charge in [0.1, 0.15) is 0 Å². The Kier molecular flexibility index (Phi) is 5.21. The lowest BCUT2D eigenvalue weighted by molar-refractivity contribution is 0.424. The Morgan fingerprint density at radius 3 is 2.48 bits per heavy atom. The van der Waals surface area contributed by atoms with Crippen LogP contribution in [0.1, 0.15) is 53.0 Å². The average molecular weight is 309 g/mol. The van der Waals surface area contributed by atoms with Crippen molar-refractivity contribution >= 4 is 17.3 Å². The van der Waals surface area contributed by atoms with Gasteiger partial charge in [0.25, 0.3) is 0 Å². The van der Waals surface area contributed by atoms with Crippen LogP contribution in [0.15, 0.2) is 18.2 Å². The van der Waals surface area contributed by atoms with E-state index >= 15 is 0 Å². The first-order chi connectivity index (χ1) is 9.78. The lowest BCUT2D eigenvalue weighted by Gasteiger charge is -2.31. The van der Waals surface area contributed by atoms with Gasteiger partial charge in [-0.25, -0.2) is 0 Å². The van der Waals surface area contributed by atoms with Gasteiger partial charge in [0.15, 0.2) is 0 Å². The standard InChI is InChI=1S/C18H29ClN2/c1-13(2)12-21(15-9-10-15)17-14(7-6-8-16(17)19)11-20-18(3,4)5/h6-8,13,15,20H,9-12H2,1-5H3. The summed E-state index contributed by atoms with van der Waals surface area (Å²) in [4.78, 5) is 2.53. The molecule has 21 heavy (non-hydrogen) atoms. The van der Waals surface area contributed by atoms with Crippen LogP contribution in [0.3, 0.4) is 0 Å². The zero-order valence-electron chi connectivity index (χ0n) is 14.0. The topological polar surface area (TPSA) is 15.3 Å². The number of nitrogens with zero attached hydrogens (tertiary/aromatic N) is 1. The summed E-state index contributed by atoms with van der Waals surface area (Å²) in [6.45, 7) is 13.1. The van der Waals surface area contributed by atoms with E-state index in [2.05, 4.69) is 57.0 Å². The number of nitrogens with one attached hydrogen (secondary N) is 1. The lowest BCUT2D eigenvalue weighted by Crippen LogP contribution is -2.36. The molecular weight excluding hydrogens is 280 g/mol. The molecule has 0 spiro atoms. The Balaban J connectivity index is 2.27. The maximum atomic E-state index is 6.56. The van der Waals surface area contributed by atoms with E-state index in [9.17, 15) is 0 Å². The Labute approximate surface area is 134 Å². The molecule has 0 amide bonds. The van der Waals surface area contributed by atoms with Gasteiger partial charge in [-0.15, -0.1) is 0 Å². The Hall–Kier alpha value is -0.730. The molecule has 1 saturated carbocycles. The van der Waals surface area contributed by atoms with Crippen LogP contribution >= 0.6 is 11.6 Å². The third-order valence-electron chi connectivity index (χ3n) is 3.72. The molecule has 1 aliphatic rings. The van der Waals surface area contributed by atoms with E-state index in [0.717, 1.165) is 18.1 Å². The van der Waals surface area contributed by atoms with Crippen LogP contribution in [0.5, 0.6) is 0 Å². The van der Waals surface area contributed by atoms with Crippen LogP contribution in [0.2, 0.25) is 5.02 Å². The zero-order chi connectivity index (χ0) is 15.6. The molecule has 2 rings (SSSR count). The molecule has 0 unspecified atom stereocenters. The van der Waals surface area contributed by atoms with Crippen molar-refractivity contribution in [3.8, 4) is 0 Å². The fourth-order valence-electron chi connectivity index (χ4n) is 2.59. The summed E-state index contributed by atoms with van der Waals surface area (Å²) in [5.41, 5.74) is 2.67. The summed E-state index contributed by atoms with van der Waals surface area (Å²) in [7, 11) is 0. The number of halogens is 1. The van der Waals surface area contributed by atoms with Crippen LogP contribution < -0.4 is 10.2 Å². The molecule has 2 nitrogen and oxygen atoms in total. The van der Waals surface area contributed by atoms with E-state index in [-0.39, 0.29) is 5.54 Å². The fourth-order valence-corrected chi connectivity index (χ4v) is 2.89. The van der Waals surface area contributed by atoms with Gasteiger partial charge in [0.2, 0.25) is 0 Å². The molecule has 118 valence electrons. The average Bonchev–Trinajstić information content (AvgIpc) is 3.17. The predicted octanol–water partition coefficient (Wildman–Crippen LogP) is 4.85. The largest absolute Gasteiger partial charge is 0.367 e. The van der Waals surface area contributed by atoms with Crippen LogP contribution in [0.4, 0.5) is 5.69 Å². The highest BCUT2D eigenvalue weighted by atomic mass is 35.5. The number of para-hydroxylation sites is 1. The molecule has 0 saturated heterocycles. The van der Waals surface area contributed by atoms with Gasteiger partial charge in [-0.1, -0.05) is 37.6 Å². The maximum absolute atomic E-state index is 6.56. The molecule has 0 heterocycles. The van der Waals surface area contributed by atoms with Gasteiger partial charge in [0.05, 0.1) is 10.7 Å². The number of hydrogen-bond donors (Lipinski definition) is 1. The minimum atomic E-state index is 0.113. The summed E-state index contributed by atoms with van der Waals surface area (Å²) in [5, 5.41) is 4.47. The minimum Gasteiger partial charge on any atom is -0.367 e. The molecule has 1 aromatic carbocycles. The van der Waals surface area contributed by atoms with Gasteiger partial charge in [-0.2, -0.15) is 0 Å². The van der Waals surface area contributed by atoms with E-state index < -0.39 is 0 Å². The number of anilines is 1. The molecule has 0 aliphatic heterocycles. The van der Waals surface area contributed by atoms with E-state index in [1.165, 1.54) is 24.1 Å². The molecule has 1 aromatic rings. The molecule has 0 radical (unpaired) electrons. The van der Waals surface area contributed by atoms with Gasteiger partial charge >= 0.3 is 0 Å². The first-order valence-corrected chi connectivity index (χ1v) is 8.45. The number of hydrogen-bond acceptors (Lipinski definition) is 2. The Bertz CT molecular complexity index is 473. The predicted molar refractivity (Wildman–Crippen MR) is 93.3 cm³/mol. The van der Waals surface area contributed by atoms with E-state index in [1.54, 1.807) is 0 Å². The molecule has 1 fully saturated rings. The van der Waals surface area contributed by atoms with Gasteiger partial charge in [-0.3, -0.25) is 0 Å². The summed E-state index contributed by atoms with van der Waals surface area (Å²) >= 11 is 6.56. The van der Waals surface area contributed by atoms with E-state index in [0.29, 0.717) is 12.0 Å². The summed E-state index contributed by atoms with van der Waals surface area (Å²) in [6, 6.07) is 6.97. The van der Waals surface area contributed by atoms with Crippen molar-refractivity contribution < 1.29 is 0 Å². The third-order valence-corrected chi connectivity index (χ3v) is 4.02. The molecule has 3 heteroatoms. The first kappa shape index (κ1) is 16.6. The van der Waals surface area contributed by atoms with Gasteiger partial charge in [0, 0.05) is 24.7 Å². The molecule has 0 atom stereocenters. The monoisotopic (exact) mass is 308 g/mol. The molecular formula is C18H29ClN2. The molecule has 0 aromatic heterocycles. The quantitative estimate of drug-likeness (QED) is 0.808. The summed E-state index contributed by atoms with van der Waals surface area (Å²) in [5.74, 6) is 0.644. The fraction of sp³-hybridized carbons (Fsp3) is 0.667. The summed E-state index contributed by atoms with van der Waals surface area (Å²) < 4.78 is 0. The van der Waals surface area contributed by atoms with Crippen molar-refractivity contribution in [3.05, 3.63) is 28.8 Å². The third kappa shape index (κ3) is 4.89. The highest BCUT2D eigenvalue weighted by molar-refractivity contribution is 6.33. The van der Waals surface area contributed by atoms with Gasteiger partial charge < -0.3 is 10.2 Å². The van der Waals surface area contributed by atoms with Crippen molar-refractivity contribution in [1.82, 2.24) is 5.32 Å². The van der Waals surface area contributed by atoms with E-state index in [1.807, 2.05) is 6.07 Å². The van der Waals surface area contributed by atoms with Crippen LogP contribution in [0.25, 0.3) is 0 Å². The number of benzene rings is 1. The Morgan fingerprint density at radius 1 is 1.29 bits per heavy atom. The second kappa shape index (κ2) is 6.58. The zero-order valence-corrected chi connectivity index (χ0v) is 14.8. The highest BCUT2D eigenvalue weighted by Crippen LogP contribution is 2.38. The van der Waals surface area contributed by atoms with Crippen molar-refractivity contribution in [2.75, 3.05) is 11.4 Å². The summed E-state index contributed by atoms with van der Waals surface area (Å²) in [6.07, 6.45) is 2.59. The highest BCUT2D eigenvalue weighted by Gasteiger charge is 2.32. The number of rotatable bonds is 6. The SMILES string of the molecule is CC(C)CN(c1c(Cl)cccc1CNC(C)(C)C)C1CC1. The van der Waals surface area contributed by atoms with Crippen LogP contribution in [-0.2, 0) is 6.54 Å². The second-order valence-electron chi connectivity index (χ2n) is 7.63. The van der Waals surface area contributed by atoms with Crippen molar-refractivity contribution in [2.24, 2.45) is 5.92 Å². The van der Waals surface area contributed by atoms with Crippen molar-refractivity contribution in [1.29, 1.82) is 0 Å². The smallest absolute Gasteiger partial charge is 0.0643 e. The van der Waals surface area contributed by atoms with Crippen molar-refractivity contribution in [3.63, 3.8) is 0 Å². The van der Waals surface area contributed by atoms with Crippen LogP contribution in [-0.4, -0.2) is 18.1 Å². The minimum absolute atomic E-state index is 0.113. The first-order valence-electron chi connectivity index (χ1n) is 8.07. The molecule has 0 bridgehead atoms. The van der Waals surface area contributed by atoms with E-state index in [4.69, 9.17) is 11.6 Å². The second-order valence-corrected chi connectivity index (χ2v) is 8.04. The molecule has 1 N–H and O–H groups in total. The Morgan fingerprint density at radius 2 is 1.95 bits per heavy atom. The maximum Gasteiger partial charge on any atom is 0.0643 e. The van der Waals surface area contributed by atoms with Crippen molar-refractivity contribution in [2.45, 2.75) is 65.6 Å². The lowest BCUT2D eigenvalue weighted by atomic mass is 10.1. The van der Waals surface area contributed by atoms with Gasteiger partial charge in [-0.05, 0) is 51.2 Å². The van der Waals surface area contributed by atoms with Crippen LogP contribution in [0, 0.1) is 5.92 Å². The molecule has 1 aliphatic carbocycles.